The molecule has 0 unspecified atom stereocenters. The molecule has 1 fully saturated rings. The number of hydrogen-bond donors (Lipinski definition) is 1. The Bertz CT molecular complexity index is 589. The summed E-state index contributed by atoms with van der Waals surface area (Å²) >= 11 is 0. The van der Waals surface area contributed by atoms with E-state index in [0.717, 1.165) is 42.1 Å². The van der Waals surface area contributed by atoms with E-state index in [1.54, 1.807) is 10.9 Å². The number of aryl methyl sites for hydroxylation is 1. The molecule has 1 N–H and O–H groups in total. The van der Waals surface area contributed by atoms with Crippen molar-refractivity contribution in [3.63, 3.8) is 0 Å². The summed E-state index contributed by atoms with van der Waals surface area (Å²) < 4.78 is 7.68. The van der Waals surface area contributed by atoms with Crippen LogP contribution in [0.25, 0.3) is 11.0 Å². The first kappa shape index (κ1) is 13.3. The monoisotopic (exact) mass is 275 g/mol. The van der Waals surface area contributed by atoms with Gasteiger partial charge in [-0.3, -0.25) is 4.68 Å². The van der Waals surface area contributed by atoms with Crippen LogP contribution in [0.2, 0.25) is 0 Å². The maximum Gasteiger partial charge on any atom is 0.163 e. The zero-order valence-corrected chi connectivity index (χ0v) is 12.1. The molecule has 20 heavy (non-hydrogen) atoms. The number of ether oxygens (including phenoxy) is 1. The van der Waals surface area contributed by atoms with Gasteiger partial charge in [0.1, 0.15) is 12.4 Å². The van der Waals surface area contributed by atoms with Crippen LogP contribution in [0.15, 0.2) is 6.20 Å². The van der Waals surface area contributed by atoms with Crippen molar-refractivity contribution in [1.29, 1.82) is 0 Å². The molecule has 1 aliphatic rings. The van der Waals surface area contributed by atoms with Crippen LogP contribution < -0.4 is 5.32 Å². The van der Waals surface area contributed by atoms with Gasteiger partial charge in [-0.15, -0.1) is 0 Å². The molecule has 2 aromatic rings. The number of fused-ring (bicyclic) bond motifs is 1. The number of hydrogen-bond acceptors (Lipinski definition) is 5. The molecule has 2 aromatic heterocycles. The van der Waals surface area contributed by atoms with Gasteiger partial charge in [-0.2, -0.15) is 5.10 Å². The topological polar surface area (TPSA) is 64.9 Å². The first-order valence-electron chi connectivity index (χ1n) is 7.32. The zero-order chi connectivity index (χ0) is 13.9. The Labute approximate surface area is 118 Å². The minimum atomic E-state index is 0.378. The molecule has 0 spiro atoms. The molecule has 0 saturated heterocycles. The van der Waals surface area contributed by atoms with Gasteiger partial charge in [0, 0.05) is 13.6 Å². The molecule has 1 saturated carbocycles. The Balaban J connectivity index is 1.83. The normalized spacial score (nSPS) is 16.1. The summed E-state index contributed by atoms with van der Waals surface area (Å²) in [7, 11) is 1.90. The molecule has 6 nitrogen and oxygen atoms in total. The molecule has 3 rings (SSSR count). The highest BCUT2D eigenvalue weighted by atomic mass is 16.5. The highest BCUT2D eigenvalue weighted by Gasteiger charge is 2.17. The first-order valence-corrected chi connectivity index (χ1v) is 7.32. The minimum absolute atomic E-state index is 0.378. The zero-order valence-electron chi connectivity index (χ0n) is 12.1. The van der Waals surface area contributed by atoms with Gasteiger partial charge >= 0.3 is 0 Å². The fourth-order valence-electron chi connectivity index (χ4n) is 2.68. The van der Waals surface area contributed by atoms with Crippen LogP contribution in [0.5, 0.6) is 0 Å². The van der Waals surface area contributed by atoms with Crippen molar-refractivity contribution in [1.82, 2.24) is 19.7 Å². The molecular formula is C14H21N5O. The minimum Gasteiger partial charge on any atom is -0.370 e. The summed E-state index contributed by atoms with van der Waals surface area (Å²) in [4.78, 5) is 9.13. The molecule has 6 heteroatoms. The lowest BCUT2D eigenvalue weighted by molar-refractivity contribution is 0.0419. The van der Waals surface area contributed by atoms with Crippen LogP contribution >= 0.6 is 0 Å². The Morgan fingerprint density at radius 2 is 2.15 bits per heavy atom. The summed E-state index contributed by atoms with van der Waals surface area (Å²) in [5.41, 5.74) is 0.848. The maximum atomic E-state index is 5.91. The van der Waals surface area contributed by atoms with E-state index in [9.17, 15) is 0 Å². The molecular weight excluding hydrogens is 254 g/mol. The highest BCUT2D eigenvalue weighted by molar-refractivity contribution is 5.86. The number of nitrogens with zero attached hydrogens (tertiary/aromatic N) is 4. The van der Waals surface area contributed by atoms with Crippen molar-refractivity contribution in [2.24, 2.45) is 7.05 Å². The van der Waals surface area contributed by atoms with Gasteiger partial charge in [-0.05, 0) is 19.8 Å². The van der Waals surface area contributed by atoms with Crippen LogP contribution in [0.4, 0.5) is 5.82 Å². The smallest absolute Gasteiger partial charge is 0.163 e. The van der Waals surface area contributed by atoms with Gasteiger partial charge in [0.2, 0.25) is 0 Å². The van der Waals surface area contributed by atoms with Crippen molar-refractivity contribution < 1.29 is 4.74 Å². The summed E-state index contributed by atoms with van der Waals surface area (Å²) in [6.07, 6.45) is 7.05. The lowest BCUT2D eigenvalue weighted by atomic mass is 10.3. The van der Waals surface area contributed by atoms with E-state index in [2.05, 4.69) is 27.3 Å². The van der Waals surface area contributed by atoms with Crippen LogP contribution in [0.1, 0.15) is 38.4 Å². The van der Waals surface area contributed by atoms with E-state index in [1.807, 2.05) is 7.05 Å². The van der Waals surface area contributed by atoms with Gasteiger partial charge in [0.05, 0.1) is 17.7 Å². The number of rotatable bonds is 5. The SMILES string of the molecule is CCNc1nc(COC2CCCC2)nc2c1cnn2C. The Morgan fingerprint density at radius 1 is 1.35 bits per heavy atom. The van der Waals surface area contributed by atoms with E-state index in [-0.39, 0.29) is 0 Å². The van der Waals surface area contributed by atoms with Crippen LogP contribution in [0.3, 0.4) is 0 Å². The average molecular weight is 275 g/mol. The molecule has 0 radical (unpaired) electrons. The Kier molecular flexibility index (Phi) is 3.82. The third-order valence-electron chi connectivity index (χ3n) is 3.73. The fourth-order valence-corrected chi connectivity index (χ4v) is 2.68. The average Bonchev–Trinajstić information content (AvgIpc) is 3.08. The summed E-state index contributed by atoms with van der Waals surface area (Å²) in [6.45, 7) is 3.35. The number of anilines is 1. The predicted octanol–water partition coefficient (Wildman–Crippen LogP) is 2.25. The summed E-state index contributed by atoms with van der Waals surface area (Å²) in [5, 5.41) is 8.48. The van der Waals surface area contributed by atoms with E-state index in [4.69, 9.17) is 4.74 Å². The lowest BCUT2D eigenvalue weighted by Crippen LogP contribution is -2.11. The van der Waals surface area contributed by atoms with Crippen molar-refractivity contribution in [2.45, 2.75) is 45.3 Å². The Hall–Kier alpha value is -1.69. The van der Waals surface area contributed by atoms with E-state index < -0.39 is 0 Å². The molecule has 0 amide bonds. The van der Waals surface area contributed by atoms with Crippen molar-refractivity contribution in [3.05, 3.63) is 12.0 Å². The van der Waals surface area contributed by atoms with Crippen molar-refractivity contribution >= 4 is 16.9 Å². The van der Waals surface area contributed by atoms with Crippen molar-refractivity contribution in [2.75, 3.05) is 11.9 Å². The molecule has 0 atom stereocenters. The van der Waals surface area contributed by atoms with Crippen LogP contribution in [-0.4, -0.2) is 32.4 Å². The second-order valence-electron chi connectivity index (χ2n) is 5.24. The summed E-state index contributed by atoms with van der Waals surface area (Å²) in [6, 6.07) is 0. The molecule has 108 valence electrons. The Morgan fingerprint density at radius 3 is 2.90 bits per heavy atom. The standard InChI is InChI=1S/C14H21N5O/c1-3-15-13-11-8-16-19(2)14(11)18-12(17-13)9-20-10-6-4-5-7-10/h8,10H,3-7,9H2,1-2H3,(H,15,17,18). The van der Waals surface area contributed by atoms with E-state index in [0.29, 0.717) is 12.7 Å². The highest BCUT2D eigenvalue weighted by Crippen LogP contribution is 2.23. The third kappa shape index (κ3) is 2.60. The van der Waals surface area contributed by atoms with Crippen LogP contribution in [-0.2, 0) is 18.4 Å². The molecule has 0 bridgehead atoms. The van der Waals surface area contributed by atoms with Crippen molar-refractivity contribution in [3.8, 4) is 0 Å². The second-order valence-corrected chi connectivity index (χ2v) is 5.24. The number of aromatic nitrogens is 4. The molecule has 0 aliphatic heterocycles. The summed E-state index contributed by atoms with van der Waals surface area (Å²) in [5.74, 6) is 1.57. The third-order valence-corrected chi connectivity index (χ3v) is 3.73. The van der Waals surface area contributed by atoms with E-state index >= 15 is 0 Å². The maximum absolute atomic E-state index is 5.91. The molecule has 1 aliphatic carbocycles. The molecule has 2 heterocycles. The second kappa shape index (κ2) is 5.75. The lowest BCUT2D eigenvalue weighted by Gasteiger charge is -2.11. The quantitative estimate of drug-likeness (QED) is 0.906. The van der Waals surface area contributed by atoms with Crippen LogP contribution in [0, 0.1) is 0 Å². The molecule has 0 aromatic carbocycles. The fraction of sp³-hybridized carbons (Fsp3) is 0.643. The van der Waals surface area contributed by atoms with Gasteiger partial charge < -0.3 is 10.1 Å². The van der Waals surface area contributed by atoms with Gasteiger partial charge in [-0.1, -0.05) is 12.8 Å². The van der Waals surface area contributed by atoms with E-state index in [1.165, 1.54) is 12.8 Å². The van der Waals surface area contributed by atoms with Gasteiger partial charge in [0.15, 0.2) is 11.5 Å². The predicted molar refractivity (Wildman–Crippen MR) is 77.5 cm³/mol. The first-order chi connectivity index (χ1) is 9.78. The number of nitrogens with one attached hydrogen (secondary N) is 1. The largest absolute Gasteiger partial charge is 0.370 e. The van der Waals surface area contributed by atoms with Gasteiger partial charge in [0.25, 0.3) is 0 Å². The van der Waals surface area contributed by atoms with Gasteiger partial charge in [-0.25, -0.2) is 9.97 Å².